The quantitative estimate of drug-likeness (QED) is 0.577. The van der Waals surface area contributed by atoms with Crippen LogP contribution in [0.15, 0.2) is 18.2 Å². The number of fused-ring (bicyclic) bond motifs is 1. The van der Waals surface area contributed by atoms with Crippen molar-refractivity contribution >= 4 is 50.3 Å². The van der Waals surface area contributed by atoms with Crippen molar-refractivity contribution < 1.29 is 23.9 Å². The second-order valence-electron chi connectivity index (χ2n) is 7.98. The number of likely N-dealkylation sites (tertiary alicyclic amines) is 1. The zero-order valence-corrected chi connectivity index (χ0v) is 19.6. The predicted octanol–water partition coefficient (Wildman–Crippen LogP) is 2.60. The Kier molecular flexibility index (Phi) is 6.15. The number of carbonyl (C=O) groups is 4. The Hall–Kier alpha value is -3.34. The van der Waals surface area contributed by atoms with E-state index in [0.717, 1.165) is 4.70 Å². The highest BCUT2D eigenvalue weighted by Gasteiger charge is 2.52. The van der Waals surface area contributed by atoms with Crippen LogP contribution in [0.5, 0.6) is 5.75 Å². The summed E-state index contributed by atoms with van der Waals surface area (Å²) in [5.41, 5.74) is -0.556. The van der Waals surface area contributed by atoms with Gasteiger partial charge in [-0.3, -0.25) is 19.8 Å². The minimum atomic E-state index is -0.952. The minimum Gasteiger partial charge on any atom is -0.495 e. The highest BCUT2D eigenvalue weighted by atomic mass is 32.1. The molecule has 6 amide bonds. The van der Waals surface area contributed by atoms with Crippen molar-refractivity contribution in [1.82, 2.24) is 20.4 Å². The minimum absolute atomic E-state index is 0.230. The summed E-state index contributed by atoms with van der Waals surface area (Å²) >= 11 is 1.28. The van der Waals surface area contributed by atoms with Gasteiger partial charge in [0.25, 0.3) is 11.8 Å². The molecule has 1 aromatic heterocycles. The molecule has 2 aromatic rings. The van der Waals surface area contributed by atoms with Crippen LogP contribution in [-0.2, 0) is 4.79 Å². The third kappa shape index (κ3) is 3.86. The molecule has 10 nitrogen and oxygen atoms in total. The summed E-state index contributed by atoms with van der Waals surface area (Å²) in [6, 6.07) is 4.66. The fourth-order valence-corrected chi connectivity index (χ4v) is 5.59. The molecule has 0 atom stereocenters. The monoisotopic (exact) mass is 473 g/mol. The van der Waals surface area contributed by atoms with E-state index in [4.69, 9.17) is 4.74 Å². The first-order valence-corrected chi connectivity index (χ1v) is 11.7. The molecule has 2 saturated heterocycles. The maximum absolute atomic E-state index is 13.6. The number of amides is 6. The van der Waals surface area contributed by atoms with Gasteiger partial charge in [-0.05, 0) is 32.8 Å². The summed E-state index contributed by atoms with van der Waals surface area (Å²) in [6.45, 7) is 4.95. The number of anilines is 1. The first-order valence-electron chi connectivity index (χ1n) is 10.9. The Bertz CT molecular complexity index is 1120. The van der Waals surface area contributed by atoms with Gasteiger partial charge in [-0.15, -0.1) is 11.3 Å². The van der Waals surface area contributed by atoms with E-state index in [2.05, 4.69) is 16.0 Å². The Labute approximate surface area is 195 Å². The van der Waals surface area contributed by atoms with Crippen LogP contribution in [-0.4, -0.2) is 72.5 Å². The number of urea groups is 2. The normalized spacial score (nSPS) is 17.4. The Morgan fingerprint density at radius 3 is 2.55 bits per heavy atom. The molecular weight excluding hydrogens is 446 g/mol. The van der Waals surface area contributed by atoms with Gasteiger partial charge in [0, 0.05) is 31.6 Å². The molecule has 1 spiro atoms. The van der Waals surface area contributed by atoms with Crippen molar-refractivity contribution in [2.24, 2.45) is 0 Å². The van der Waals surface area contributed by atoms with E-state index >= 15 is 0 Å². The van der Waals surface area contributed by atoms with Crippen LogP contribution in [0.4, 0.5) is 14.6 Å². The third-order valence-corrected chi connectivity index (χ3v) is 7.28. The fraction of sp³-hybridized carbons (Fsp3) is 0.455. The largest absolute Gasteiger partial charge is 0.495 e. The van der Waals surface area contributed by atoms with Crippen LogP contribution >= 0.6 is 11.3 Å². The van der Waals surface area contributed by atoms with E-state index in [0.29, 0.717) is 60.7 Å². The van der Waals surface area contributed by atoms with Crippen LogP contribution in [0.25, 0.3) is 10.1 Å². The SMILES string of the molecule is CCNC(=O)Nc1sc2c(OC)cccc2c1C(=O)N1CCC2(CC1)NC(=O)N(CC)C2=O. The van der Waals surface area contributed by atoms with Crippen molar-refractivity contribution in [2.75, 3.05) is 38.6 Å². The van der Waals surface area contributed by atoms with Gasteiger partial charge in [0.2, 0.25) is 0 Å². The Balaban J connectivity index is 1.62. The van der Waals surface area contributed by atoms with E-state index in [1.54, 1.807) is 25.0 Å². The van der Waals surface area contributed by atoms with E-state index in [-0.39, 0.29) is 17.8 Å². The van der Waals surface area contributed by atoms with Gasteiger partial charge in [0.1, 0.15) is 16.3 Å². The van der Waals surface area contributed by atoms with Crippen molar-refractivity contribution in [3.63, 3.8) is 0 Å². The summed E-state index contributed by atoms with van der Waals surface area (Å²) in [4.78, 5) is 53.7. The second-order valence-corrected chi connectivity index (χ2v) is 9.00. The Morgan fingerprint density at radius 1 is 1.21 bits per heavy atom. The molecule has 2 aliphatic heterocycles. The maximum atomic E-state index is 13.6. The van der Waals surface area contributed by atoms with Crippen molar-refractivity contribution in [2.45, 2.75) is 32.2 Å². The lowest BCUT2D eigenvalue weighted by atomic mass is 9.87. The fourth-order valence-electron chi connectivity index (χ4n) is 4.41. The Morgan fingerprint density at radius 2 is 1.94 bits per heavy atom. The van der Waals surface area contributed by atoms with E-state index in [1.807, 2.05) is 19.1 Å². The predicted molar refractivity (Wildman–Crippen MR) is 125 cm³/mol. The van der Waals surface area contributed by atoms with Crippen LogP contribution < -0.4 is 20.7 Å². The zero-order chi connectivity index (χ0) is 23.8. The lowest BCUT2D eigenvalue weighted by Gasteiger charge is -2.37. The number of methoxy groups -OCH3 is 1. The van der Waals surface area contributed by atoms with Crippen molar-refractivity contribution in [3.8, 4) is 5.75 Å². The van der Waals surface area contributed by atoms with E-state index < -0.39 is 11.6 Å². The number of hydrogen-bond donors (Lipinski definition) is 3. The third-order valence-electron chi connectivity index (χ3n) is 6.14. The van der Waals surface area contributed by atoms with Gasteiger partial charge in [0.05, 0.1) is 17.4 Å². The smallest absolute Gasteiger partial charge is 0.325 e. The number of carbonyl (C=O) groups excluding carboxylic acids is 4. The molecule has 3 N–H and O–H groups in total. The number of piperidine rings is 1. The van der Waals surface area contributed by atoms with E-state index in [1.165, 1.54) is 16.2 Å². The second kappa shape index (κ2) is 8.89. The van der Waals surface area contributed by atoms with Crippen LogP contribution in [0.3, 0.4) is 0 Å². The van der Waals surface area contributed by atoms with Crippen LogP contribution in [0.2, 0.25) is 0 Å². The molecule has 0 saturated carbocycles. The summed E-state index contributed by atoms with van der Waals surface area (Å²) in [7, 11) is 1.56. The number of nitrogens with one attached hydrogen (secondary N) is 3. The summed E-state index contributed by atoms with van der Waals surface area (Å²) in [5, 5.41) is 9.44. The van der Waals surface area contributed by atoms with Gasteiger partial charge >= 0.3 is 12.1 Å². The van der Waals surface area contributed by atoms with Crippen molar-refractivity contribution in [1.29, 1.82) is 0 Å². The number of imide groups is 1. The van der Waals surface area contributed by atoms with Gasteiger partial charge in [-0.2, -0.15) is 0 Å². The average Bonchev–Trinajstić information content (AvgIpc) is 3.27. The molecule has 0 unspecified atom stereocenters. The van der Waals surface area contributed by atoms with Gasteiger partial charge < -0.3 is 20.3 Å². The number of benzene rings is 1. The molecule has 11 heteroatoms. The molecule has 0 radical (unpaired) electrons. The number of hydrogen-bond acceptors (Lipinski definition) is 6. The summed E-state index contributed by atoms with van der Waals surface area (Å²) in [5.74, 6) is 0.152. The van der Waals surface area contributed by atoms with Gasteiger partial charge in [-0.25, -0.2) is 9.59 Å². The molecule has 2 fully saturated rings. The number of ether oxygens (including phenoxy) is 1. The molecule has 4 rings (SSSR count). The zero-order valence-electron chi connectivity index (χ0n) is 18.8. The van der Waals surface area contributed by atoms with Gasteiger partial charge in [-0.1, -0.05) is 12.1 Å². The molecule has 3 heterocycles. The molecule has 0 bridgehead atoms. The topological polar surface area (TPSA) is 120 Å². The molecular formula is C22H27N5O5S. The summed E-state index contributed by atoms with van der Waals surface area (Å²) in [6.07, 6.45) is 0.675. The first kappa shape index (κ1) is 22.8. The molecule has 176 valence electrons. The lowest BCUT2D eigenvalue weighted by Crippen LogP contribution is -2.55. The number of nitrogens with zero attached hydrogens (tertiary/aromatic N) is 2. The maximum Gasteiger partial charge on any atom is 0.325 e. The average molecular weight is 474 g/mol. The standard InChI is InChI=1S/C22H27N5O5S/c1-4-23-20(30)24-17-15(13-7-6-8-14(32-3)16(13)33-17)18(28)26-11-9-22(10-12-26)19(29)27(5-2)21(31)25-22/h6-8H,4-5,9-12H2,1-3H3,(H,25,31)(H2,23,24,30). The highest BCUT2D eigenvalue weighted by molar-refractivity contribution is 7.23. The van der Waals surface area contributed by atoms with Gasteiger partial charge in [0.15, 0.2) is 0 Å². The lowest BCUT2D eigenvalue weighted by molar-refractivity contribution is -0.132. The number of rotatable bonds is 5. The highest BCUT2D eigenvalue weighted by Crippen LogP contribution is 2.42. The number of thiophene rings is 1. The molecule has 33 heavy (non-hydrogen) atoms. The number of likely N-dealkylation sites (N-methyl/N-ethyl adjacent to an activating group) is 1. The first-order chi connectivity index (χ1) is 15.8. The van der Waals surface area contributed by atoms with Crippen LogP contribution in [0, 0.1) is 0 Å². The van der Waals surface area contributed by atoms with Crippen molar-refractivity contribution in [3.05, 3.63) is 23.8 Å². The molecule has 0 aliphatic carbocycles. The van der Waals surface area contributed by atoms with Crippen LogP contribution in [0.1, 0.15) is 37.0 Å². The summed E-state index contributed by atoms with van der Waals surface area (Å²) < 4.78 is 6.22. The molecule has 2 aliphatic rings. The van der Waals surface area contributed by atoms with E-state index in [9.17, 15) is 19.2 Å². The molecule has 1 aromatic carbocycles.